The molecule has 4 rings (SSSR count). The monoisotopic (exact) mass is 498 g/mol. The van der Waals surface area contributed by atoms with Crippen molar-refractivity contribution in [2.45, 2.75) is 26.8 Å². The lowest BCUT2D eigenvalue weighted by Gasteiger charge is -2.46. The van der Waals surface area contributed by atoms with E-state index in [0.29, 0.717) is 35.4 Å². The zero-order valence-corrected chi connectivity index (χ0v) is 20.9. The van der Waals surface area contributed by atoms with Gasteiger partial charge in [0.15, 0.2) is 5.13 Å². The lowest BCUT2D eigenvalue weighted by atomic mass is 9.84. The number of carbonyl (C=O) groups excluding carboxylic acids is 1. The lowest BCUT2D eigenvalue weighted by molar-refractivity contribution is 0.0748. The first-order valence-electron chi connectivity index (χ1n) is 11.0. The number of benzene rings is 2. The Bertz CT molecular complexity index is 1190. The van der Waals surface area contributed by atoms with Crippen molar-refractivity contribution in [3.05, 3.63) is 64.5 Å². The molecule has 178 valence electrons. The minimum Gasteiger partial charge on any atom is -0.465 e. The molecule has 1 fully saturated rings. The Morgan fingerprint density at radius 3 is 2.47 bits per heavy atom. The average molecular weight is 499 g/mol. The number of hydrogen-bond donors (Lipinski definition) is 2. The largest absolute Gasteiger partial charge is 0.465 e. The second-order valence-corrected chi connectivity index (χ2v) is 10.6. The molecule has 2 amide bonds. The Morgan fingerprint density at radius 2 is 1.82 bits per heavy atom. The van der Waals surface area contributed by atoms with Crippen LogP contribution in [-0.4, -0.2) is 52.7 Å². The molecule has 0 radical (unpaired) electrons. The molecule has 1 atom stereocenters. The minimum atomic E-state index is -0.883. The molecule has 2 heterocycles. The molecule has 0 saturated carbocycles. The van der Waals surface area contributed by atoms with Gasteiger partial charge in [0.1, 0.15) is 0 Å². The lowest BCUT2D eigenvalue weighted by Crippen LogP contribution is -2.59. The number of piperazine rings is 1. The van der Waals surface area contributed by atoms with Gasteiger partial charge in [-0.1, -0.05) is 50.6 Å². The molecule has 7 nitrogen and oxygen atoms in total. The Morgan fingerprint density at radius 1 is 1.12 bits per heavy atom. The first kappa shape index (κ1) is 24.0. The molecule has 2 N–H and O–H groups in total. The van der Waals surface area contributed by atoms with Gasteiger partial charge in [-0.15, -0.1) is 11.3 Å². The summed E-state index contributed by atoms with van der Waals surface area (Å²) in [5.41, 5.74) is 2.84. The van der Waals surface area contributed by atoms with Gasteiger partial charge >= 0.3 is 6.09 Å². The average Bonchev–Trinajstić information content (AvgIpc) is 3.26. The molecule has 2 aromatic carbocycles. The highest BCUT2D eigenvalue weighted by atomic mass is 35.5. The Balaban J connectivity index is 1.43. The molecule has 34 heavy (non-hydrogen) atoms. The maximum absolute atomic E-state index is 12.8. The number of carboxylic acid groups (broad SMARTS) is 1. The molecule has 1 unspecified atom stereocenters. The van der Waals surface area contributed by atoms with Gasteiger partial charge in [-0.25, -0.2) is 9.78 Å². The molecule has 3 aromatic rings. The van der Waals surface area contributed by atoms with Crippen LogP contribution in [0.25, 0.3) is 11.3 Å². The normalized spacial score (nSPS) is 16.4. The van der Waals surface area contributed by atoms with Gasteiger partial charge in [-0.2, -0.15) is 0 Å². The predicted molar refractivity (Wildman–Crippen MR) is 137 cm³/mol. The first-order valence-corrected chi connectivity index (χ1v) is 12.3. The van der Waals surface area contributed by atoms with Crippen LogP contribution in [0.3, 0.4) is 0 Å². The third-order valence-corrected chi connectivity index (χ3v) is 7.08. The van der Waals surface area contributed by atoms with Gasteiger partial charge < -0.3 is 14.9 Å². The van der Waals surface area contributed by atoms with Crippen molar-refractivity contribution < 1.29 is 14.7 Å². The van der Waals surface area contributed by atoms with Gasteiger partial charge in [-0.3, -0.25) is 10.1 Å². The van der Waals surface area contributed by atoms with Crippen molar-refractivity contribution in [1.29, 1.82) is 0 Å². The Labute approximate surface area is 208 Å². The van der Waals surface area contributed by atoms with Crippen LogP contribution in [0.5, 0.6) is 0 Å². The fourth-order valence-electron chi connectivity index (χ4n) is 4.10. The van der Waals surface area contributed by atoms with Crippen molar-refractivity contribution >= 4 is 45.8 Å². The van der Waals surface area contributed by atoms with Crippen LogP contribution in [-0.2, 0) is 0 Å². The molecule has 1 saturated heterocycles. The zero-order valence-electron chi connectivity index (χ0n) is 19.3. The van der Waals surface area contributed by atoms with E-state index in [4.69, 9.17) is 11.6 Å². The number of amides is 2. The maximum atomic E-state index is 12.8. The molecular formula is C25H27ClN4O3S. The third-order valence-electron chi connectivity index (χ3n) is 5.99. The number of hydrogen-bond acceptors (Lipinski definition) is 5. The van der Waals surface area contributed by atoms with Crippen LogP contribution < -0.4 is 10.2 Å². The van der Waals surface area contributed by atoms with E-state index in [9.17, 15) is 14.7 Å². The highest BCUT2D eigenvalue weighted by Gasteiger charge is 2.38. The highest BCUT2D eigenvalue weighted by Crippen LogP contribution is 2.32. The predicted octanol–water partition coefficient (Wildman–Crippen LogP) is 5.93. The van der Waals surface area contributed by atoms with Crippen molar-refractivity contribution in [1.82, 2.24) is 9.88 Å². The number of aromatic nitrogens is 1. The fraction of sp³-hybridized carbons (Fsp3) is 0.320. The van der Waals surface area contributed by atoms with Crippen molar-refractivity contribution in [3.8, 4) is 11.3 Å². The van der Waals surface area contributed by atoms with Gasteiger partial charge in [-0.05, 0) is 35.7 Å². The van der Waals surface area contributed by atoms with Crippen LogP contribution in [0.4, 0.5) is 15.6 Å². The zero-order chi connectivity index (χ0) is 24.5. The number of nitrogens with zero attached hydrogens (tertiary/aromatic N) is 3. The standard InChI is InChI=1S/C25H27ClN4O3S/c1-25(2,3)21-14-29(12-13-30(21)24(32)33)17-10-8-16(9-11-17)22(31)28-23-27-20(15-34-23)18-6-4-5-7-19(18)26/h4-11,15,21H,12-14H2,1-3H3,(H,32,33)(H,27,28,31). The third kappa shape index (κ3) is 5.18. The van der Waals surface area contributed by atoms with E-state index >= 15 is 0 Å². The number of anilines is 2. The van der Waals surface area contributed by atoms with E-state index in [0.717, 1.165) is 16.9 Å². The topological polar surface area (TPSA) is 85.8 Å². The van der Waals surface area contributed by atoms with E-state index in [-0.39, 0.29) is 17.4 Å². The van der Waals surface area contributed by atoms with E-state index in [1.54, 1.807) is 18.2 Å². The molecule has 0 aliphatic carbocycles. The Kier molecular flexibility index (Phi) is 6.81. The van der Waals surface area contributed by atoms with E-state index in [1.165, 1.54) is 16.2 Å². The van der Waals surface area contributed by atoms with Crippen molar-refractivity contribution in [2.24, 2.45) is 5.41 Å². The number of halogens is 1. The summed E-state index contributed by atoms with van der Waals surface area (Å²) < 4.78 is 0. The van der Waals surface area contributed by atoms with Crippen LogP contribution >= 0.6 is 22.9 Å². The summed E-state index contributed by atoms with van der Waals surface area (Å²) in [7, 11) is 0. The van der Waals surface area contributed by atoms with Crippen LogP contribution in [0.2, 0.25) is 5.02 Å². The van der Waals surface area contributed by atoms with Gasteiger partial charge in [0, 0.05) is 46.9 Å². The van der Waals surface area contributed by atoms with Crippen LogP contribution in [0.1, 0.15) is 31.1 Å². The SMILES string of the molecule is CC(C)(C)C1CN(c2ccc(C(=O)Nc3nc(-c4ccccc4Cl)cs3)cc2)CCN1C(=O)O. The number of nitrogens with one attached hydrogen (secondary N) is 1. The van der Waals surface area contributed by atoms with Gasteiger partial charge in [0.2, 0.25) is 0 Å². The van der Waals surface area contributed by atoms with E-state index in [1.807, 2.05) is 35.7 Å². The summed E-state index contributed by atoms with van der Waals surface area (Å²) in [6, 6.07) is 14.7. The maximum Gasteiger partial charge on any atom is 0.407 e. The van der Waals surface area contributed by atoms with Gasteiger partial charge in [0.25, 0.3) is 5.91 Å². The second-order valence-electron chi connectivity index (χ2n) is 9.32. The molecule has 1 aromatic heterocycles. The molecule has 0 spiro atoms. The number of carbonyl (C=O) groups is 2. The highest BCUT2D eigenvalue weighted by molar-refractivity contribution is 7.14. The Hall–Kier alpha value is -3.10. The van der Waals surface area contributed by atoms with E-state index in [2.05, 4.69) is 36.0 Å². The molecule has 1 aliphatic heterocycles. The van der Waals surface area contributed by atoms with Crippen molar-refractivity contribution in [3.63, 3.8) is 0 Å². The number of thiazole rings is 1. The summed E-state index contributed by atoms with van der Waals surface area (Å²) in [5, 5.41) is 15.4. The molecular weight excluding hydrogens is 472 g/mol. The summed E-state index contributed by atoms with van der Waals surface area (Å²) >= 11 is 7.59. The summed E-state index contributed by atoms with van der Waals surface area (Å²) in [6.07, 6.45) is -0.883. The molecule has 0 bridgehead atoms. The second kappa shape index (κ2) is 9.64. The molecule has 9 heteroatoms. The van der Waals surface area contributed by atoms with Gasteiger partial charge in [0.05, 0.1) is 11.7 Å². The number of rotatable bonds is 4. The smallest absolute Gasteiger partial charge is 0.407 e. The summed E-state index contributed by atoms with van der Waals surface area (Å²) in [5.74, 6) is -0.241. The van der Waals surface area contributed by atoms with Crippen LogP contribution in [0, 0.1) is 5.41 Å². The van der Waals surface area contributed by atoms with Crippen LogP contribution in [0.15, 0.2) is 53.9 Å². The van der Waals surface area contributed by atoms with Crippen molar-refractivity contribution in [2.75, 3.05) is 29.9 Å². The molecule has 1 aliphatic rings. The summed E-state index contributed by atoms with van der Waals surface area (Å²) in [4.78, 5) is 32.6. The summed E-state index contributed by atoms with van der Waals surface area (Å²) in [6.45, 7) is 7.82. The fourth-order valence-corrected chi connectivity index (χ4v) is 5.04. The van der Waals surface area contributed by atoms with E-state index < -0.39 is 6.09 Å². The quantitative estimate of drug-likeness (QED) is 0.465. The first-order chi connectivity index (χ1) is 16.1. The minimum absolute atomic E-state index is 0.126.